The van der Waals surface area contributed by atoms with Crippen molar-refractivity contribution in [1.29, 1.82) is 0 Å². The number of amides is 1. The molecule has 1 saturated carbocycles. The highest BCUT2D eigenvalue weighted by Gasteiger charge is 2.30. The van der Waals surface area contributed by atoms with E-state index in [0.29, 0.717) is 17.1 Å². The van der Waals surface area contributed by atoms with E-state index in [-0.39, 0.29) is 22.5 Å². The smallest absolute Gasteiger partial charge is 0.338 e. The van der Waals surface area contributed by atoms with Crippen molar-refractivity contribution >= 4 is 28.6 Å². The molecule has 0 unspecified atom stereocenters. The Balaban J connectivity index is 1.76. The second-order valence-electron chi connectivity index (χ2n) is 8.32. The van der Waals surface area contributed by atoms with Crippen molar-refractivity contribution in [3.8, 4) is 5.69 Å². The van der Waals surface area contributed by atoms with Gasteiger partial charge in [-0.25, -0.2) is 23.7 Å². The van der Waals surface area contributed by atoms with E-state index < -0.39 is 29.7 Å². The number of aromatic nitrogens is 3. The van der Waals surface area contributed by atoms with E-state index in [1.54, 1.807) is 66.7 Å². The molecule has 4 aromatic rings. The summed E-state index contributed by atoms with van der Waals surface area (Å²) in [6, 6.07) is 19.0. The SMILES string of the molecule is COC(=O)c1cc(C2CC2)nc2c1c(=O)n(CC(=O)Nc1ccccc1)c(=O)n2-c1ccccc1. The Morgan fingerprint density at radius 3 is 2.31 bits per heavy atom. The van der Waals surface area contributed by atoms with Gasteiger partial charge in [0.15, 0.2) is 5.65 Å². The van der Waals surface area contributed by atoms with E-state index in [9.17, 15) is 19.2 Å². The highest BCUT2D eigenvalue weighted by atomic mass is 16.5. The molecule has 1 aliphatic carbocycles. The number of methoxy groups -OCH3 is 1. The van der Waals surface area contributed by atoms with Crippen molar-refractivity contribution in [2.75, 3.05) is 12.4 Å². The lowest BCUT2D eigenvalue weighted by Crippen LogP contribution is -2.43. The molecule has 1 aliphatic rings. The number of carbonyl (C=O) groups is 2. The average molecular weight is 470 g/mol. The summed E-state index contributed by atoms with van der Waals surface area (Å²) in [6.07, 6.45) is 1.82. The van der Waals surface area contributed by atoms with E-state index in [1.807, 2.05) is 0 Å². The van der Waals surface area contributed by atoms with Crippen LogP contribution in [0.25, 0.3) is 16.7 Å². The molecule has 9 heteroatoms. The number of esters is 1. The van der Waals surface area contributed by atoms with Gasteiger partial charge in [0, 0.05) is 17.3 Å². The first-order valence-electron chi connectivity index (χ1n) is 11.2. The number of nitrogens with zero attached hydrogens (tertiary/aromatic N) is 3. The third-order valence-electron chi connectivity index (χ3n) is 5.89. The Morgan fingerprint density at radius 1 is 1.03 bits per heavy atom. The topological polar surface area (TPSA) is 112 Å². The Kier molecular flexibility index (Phi) is 5.74. The fraction of sp³-hybridized carbons (Fsp3) is 0.192. The van der Waals surface area contributed by atoms with Gasteiger partial charge in [0.2, 0.25) is 5.91 Å². The Morgan fingerprint density at radius 2 is 1.69 bits per heavy atom. The third kappa shape index (κ3) is 4.23. The second-order valence-corrected chi connectivity index (χ2v) is 8.32. The Labute approximate surface area is 199 Å². The van der Waals surface area contributed by atoms with Gasteiger partial charge in [-0.05, 0) is 43.2 Å². The minimum absolute atomic E-state index is 0.0197. The number of ether oxygens (including phenoxy) is 1. The maximum atomic E-state index is 13.6. The zero-order valence-electron chi connectivity index (χ0n) is 18.9. The maximum Gasteiger partial charge on any atom is 0.338 e. The molecule has 9 nitrogen and oxygen atoms in total. The van der Waals surface area contributed by atoms with Crippen molar-refractivity contribution in [2.45, 2.75) is 25.3 Å². The van der Waals surface area contributed by atoms with Gasteiger partial charge in [-0.1, -0.05) is 36.4 Å². The van der Waals surface area contributed by atoms with Crippen LogP contribution in [0.4, 0.5) is 5.69 Å². The number of hydrogen-bond donors (Lipinski definition) is 1. The van der Waals surface area contributed by atoms with Gasteiger partial charge < -0.3 is 10.1 Å². The first-order valence-corrected chi connectivity index (χ1v) is 11.2. The van der Waals surface area contributed by atoms with Gasteiger partial charge in [0.25, 0.3) is 5.56 Å². The van der Waals surface area contributed by atoms with Crippen LogP contribution >= 0.6 is 0 Å². The molecule has 2 aromatic carbocycles. The largest absolute Gasteiger partial charge is 0.465 e. The lowest BCUT2D eigenvalue weighted by atomic mass is 10.1. The van der Waals surface area contributed by atoms with Crippen LogP contribution in [0.15, 0.2) is 76.3 Å². The standard InChI is InChI=1S/C26H22N4O5/c1-35-25(33)19-14-20(16-12-13-16)28-23-22(19)24(32)29(15-21(31)27-17-8-4-2-5-9-17)26(34)30(23)18-10-6-3-7-11-18/h2-11,14,16H,12-13,15H2,1H3,(H,27,31). The molecule has 1 N–H and O–H groups in total. The van der Waals surface area contributed by atoms with Gasteiger partial charge in [-0.15, -0.1) is 0 Å². The van der Waals surface area contributed by atoms with Crippen molar-refractivity contribution < 1.29 is 14.3 Å². The monoisotopic (exact) mass is 470 g/mol. The van der Waals surface area contributed by atoms with Crippen LogP contribution in [0, 0.1) is 0 Å². The van der Waals surface area contributed by atoms with Crippen LogP contribution in [0.5, 0.6) is 0 Å². The Hall–Kier alpha value is -4.53. The zero-order valence-corrected chi connectivity index (χ0v) is 18.9. The number of carbonyl (C=O) groups excluding carboxylic acids is 2. The van der Waals surface area contributed by atoms with Crippen molar-refractivity contribution in [3.05, 3.63) is 98.8 Å². The molecule has 5 rings (SSSR count). The molecule has 2 heterocycles. The second kappa shape index (κ2) is 9.02. The zero-order chi connectivity index (χ0) is 24.5. The normalized spacial score (nSPS) is 12.9. The average Bonchev–Trinajstić information content (AvgIpc) is 3.72. The maximum absolute atomic E-state index is 13.6. The molecule has 1 amide bonds. The van der Waals surface area contributed by atoms with Crippen molar-refractivity contribution in [1.82, 2.24) is 14.1 Å². The number of pyridine rings is 1. The number of rotatable bonds is 6. The summed E-state index contributed by atoms with van der Waals surface area (Å²) < 4.78 is 7.04. The minimum Gasteiger partial charge on any atom is -0.465 e. The lowest BCUT2D eigenvalue weighted by Gasteiger charge is -2.16. The number of hydrogen-bond acceptors (Lipinski definition) is 6. The van der Waals surface area contributed by atoms with Crippen molar-refractivity contribution in [3.63, 3.8) is 0 Å². The van der Waals surface area contributed by atoms with Gasteiger partial charge in [0.1, 0.15) is 6.54 Å². The van der Waals surface area contributed by atoms with Crippen LogP contribution in [0.3, 0.4) is 0 Å². The van der Waals surface area contributed by atoms with E-state index in [4.69, 9.17) is 4.74 Å². The number of benzene rings is 2. The van der Waals surface area contributed by atoms with E-state index >= 15 is 0 Å². The van der Waals surface area contributed by atoms with Crippen LogP contribution in [-0.2, 0) is 16.1 Å². The van der Waals surface area contributed by atoms with Gasteiger partial charge >= 0.3 is 11.7 Å². The first-order chi connectivity index (χ1) is 17.0. The molecule has 1 fully saturated rings. The minimum atomic E-state index is -0.782. The molecular formula is C26H22N4O5. The summed E-state index contributed by atoms with van der Waals surface area (Å²) in [5.41, 5.74) is 0.184. The van der Waals surface area contributed by atoms with Crippen molar-refractivity contribution in [2.24, 2.45) is 0 Å². The van der Waals surface area contributed by atoms with Gasteiger partial charge in [0.05, 0.1) is 23.7 Å². The summed E-state index contributed by atoms with van der Waals surface area (Å²) >= 11 is 0. The predicted molar refractivity (Wildman–Crippen MR) is 130 cm³/mol. The third-order valence-corrected chi connectivity index (χ3v) is 5.89. The highest BCUT2D eigenvalue weighted by molar-refractivity contribution is 6.02. The molecule has 0 atom stereocenters. The first kappa shape index (κ1) is 22.3. The Bertz CT molecular complexity index is 1550. The summed E-state index contributed by atoms with van der Waals surface area (Å²) in [6.45, 7) is -0.541. The summed E-state index contributed by atoms with van der Waals surface area (Å²) in [5.74, 6) is -1.12. The van der Waals surface area contributed by atoms with Crippen LogP contribution in [0.2, 0.25) is 0 Å². The molecule has 2 aromatic heterocycles. The molecular weight excluding hydrogens is 448 g/mol. The summed E-state index contributed by atoms with van der Waals surface area (Å²) in [5, 5.41) is 2.61. The van der Waals surface area contributed by atoms with Gasteiger partial charge in [-0.3, -0.25) is 9.59 Å². The number of fused-ring (bicyclic) bond motifs is 1. The summed E-state index contributed by atoms with van der Waals surface area (Å²) in [7, 11) is 1.23. The number of anilines is 1. The van der Waals surface area contributed by atoms with E-state index in [2.05, 4.69) is 10.3 Å². The molecule has 0 spiro atoms. The molecule has 0 radical (unpaired) electrons. The summed E-state index contributed by atoms with van der Waals surface area (Å²) in [4.78, 5) is 57.3. The molecule has 35 heavy (non-hydrogen) atoms. The highest BCUT2D eigenvalue weighted by Crippen LogP contribution is 2.40. The van der Waals surface area contributed by atoms with Crippen LogP contribution in [-0.4, -0.2) is 33.1 Å². The fourth-order valence-electron chi connectivity index (χ4n) is 4.03. The van der Waals surface area contributed by atoms with Crippen LogP contribution in [0.1, 0.15) is 34.8 Å². The van der Waals surface area contributed by atoms with Gasteiger partial charge in [-0.2, -0.15) is 0 Å². The predicted octanol–water partition coefficient (Wildman–Crippen LogP) is 2.85. The lowest BCUT2D eigenvalue weighted by molar-refractivity contribution is -0.116. The molecule has 0 bridgehead atoms. The fourth-order valence-corrected chi connectivity index (χ4v) is 4.03. The number of nitrogens with one attached hydrogen (secondary N) is 1. The quantitative estimate of drug-likeness (QED) is 0.434. The molecule has 176 valence electrons. The molecule has 0 aliphatic heterocycles. The van der Waals surface area contributed by atoms with E-state index in [1.165, 1.54) is 11.7 Å². The van der Waals surface area contributed by atoms with E-state index in [0.717, 1.165) is 17.4 Å². The molecule has 0 saturated heterocycles. The number of para-hydroxylation sites is 2. The van der Waals surface area contributed by atoms with Crippen LogP contribution < -0.4 is 16.6 Å².